The molecule has 1 heterocycles. The first-order valence-electron chi connectivity index (χ1n) is 6.82. The highest BCUT2D eigenvalue weighted by Crippen LogP contribution is 2.31. The highest BCUT2D eigenvalue weighted by molar-refractivity contribution is 7.89. The Morgan fingerprint density at radius 1 is 1.45 bits per heavy atom. The molecule has 0 saturated heterocycles. The summed E-state index contributed by atoms with van der Waals surface area (Å²) in [7, 11) is -3.80. The van der Waals surface area contributed by atoms with E-state index >= 15 is 0 Å². The molecule has 0 unspecified atom stereocenters. The predicted molar refractivity (Wildman–Crippen MR) is 74.4 cm³/mol. The third-order valence-corrected chi connectivity index (χ3v) is 4.87. The summed E-state index contributed by atoms with van der Waals surface area (Å²) in [6.45, 7) is 2.67. The summed E-state index contributed by atoms with van der Waals surface area (Å²) < 4.78 is 27.5. The fraction of sp³-hybridized carbons (Fsp3) is 0.692. The molecule has 0 atom stereocenters. The minimum atomic E-state index is -3.80. The smallest absolute Gasteiger partial charge is 0.271 e. The third-order valence-electron chi connectivity index (χ3n) is 4.09. The van der Waals surface area contributed by atoms with Crippen molar-refractivity contribution < 1.29 is 17.9 Å². The maximum absolute atomic E-state index is 11.1. The molecule has 2 rings (SSSR count). The van der Waals surface area contributed by atoms with Crippen LogP contribution in [0.5, 0.6) is 0 Å². The van der Waals surface area contributed by atoms with Gasteiger partial charge in [-0.1, -0.05) is 6.92 Å². The van der Waals surface area contributed by atoms with Gasteiger partial charge in [0, 0.05) is 5.54 Å². The Kier molecular flexibility index (Phi) is 4.53. The van der Waals surface area contributed by atoms with E-state index in [1.165, 1.54) is 6.07 Å². The zero-order valence-corrected chi connectivity index (χ0v) is 12.4. The van der Waals surface area contributed by atoms with Crippen molar-refractivity contribution in [3.05, 3.63) is 17.9 Å². The van der Waals surface area contributed by atoms with Crippen molar-refractivity contribution in [2.45, 2.75) is 49.8 Å². The van der Waals surface area contributed by atoms with Crippen LogP contribution in [0.2, 0.25) is 0 Å². The molecule has 0 bridgehead atoms. The molecule has 1 aliphatic carbocycles. The van der Waals surface area contributed by atoms with Gasteiger partial charge in [-0.25, -0.2) is 13.6 Å². The highest BCUT2D eigenvalue weighted by Gasteiger charge is 2.33. The van der Waals surface area contributed by atoms with Crippen molar-refractivity contribution in [3.63, 3.8) is 0 Å². The summed E-state index contributed by atoms with van der Waals surface area (Å²) in [5, 5.41) is 17.7. The molecule has 0 aliphatic heterocycles. The number of rotatable bonds is 5. The van der Waals surface area contributed by atoms with Crippen LogP contribution in [0.3, 0.4) is 0 Å². The van der Waals surface area contributed by atoms with Gasteiger partial charge < -0.3 is 14.8 Å². The summed E-state index contributed by atoms with van der Waals surface area (Å²) in [5.74, 6) is 1.19. The molecule has 1 saturated carbocycles. The van der Waals surface area contributed by atoms with Crippen LogP contribution in [0.25, 0.3) is 0 Å². The van der Waals surface area contributed by atoms with E-state index in [0.29, 0.717) is 18.2 Å². The van der Waals surface area contributed by atoms with Gasteiger partial charge in [0.2, 0.25) is 5.09 Å². The van der Waals surface area contributed by atoms with E-state index in [2.05, 4.69) is 12.2 Å². The van der Waals surface area contributed by atoms with Crippen LogP contribution >= 0.6 is 0 Å². The first-order chi connectivity index (χ1) is 9.35. The molecule has 0 amide bonds. The van der Waals surface area contributed by atoms with Gasteiger partial charge in [-0.15, -0.1) is 0 Å². The third kappa shape index (κ3) is 3.60. The maximum atomic E-state index is 11.1. The second kappa shape index (κ2) is 5.85. The van der Waals surface area contributed by atoms with Crippen LogP contribution in [0, 0.1) is 5.92 Å². The summed E-state index contributed by atoms with van der Waals surface area (Å²) in [5.41, 5.74) is -0.291. The van der Waals surface area contributed by atoms with Crippen molar-refractivity contribution in [3.8, 4) is 0 Å². The van der Waals surface area contributed by atoms with Gasteiger partial charge in [0.25, 0.3) is 10.0 Å². The molecule has 6 nitrogen and oxygen atoms in total. The van der Waals surface area contributed by atoms with Crippen LogP contribution in [0.4, 0.5) is 0 Å². The number of aliphatic hydroxyl groups is 1. The zero-order chi connectivity index (χ0) is 14.8. The lowest BCUT2D eigenvalue weighted by Crippen LogP contribution is -2.50. The van der Waals surface area contributed by atoms with Gasteiger partial charge in [-0.05, 0) is 43.7 Å². The number of nitrogens with one attached hydrogen (secondary N) is 1. The van der Waals surface area contributed by atoms with Crippen molar-refractivity contribution in [2.75, 3.05) is 6.61 Å². The fourth-order valence-corrected chi connectivity index (χ4v) is 3.07. The topological polar surface area (TPSA) is 106 Å². The minimum absolute atomic E-state index is 0.0719. The molecule has 7 heteroatoms. The van der Waals surface area contributed by atoms with Crippen LogP contribution in [-0.2, 0) is 16.6 Å². The van der Waals surface area contributed by atoms with Crippen molar-refractivity contribution >= 4 is 10.0 Å². The SMILES string of the molecule is CC1CCC(CO)(NCc2ccc(S(N)(=O)=O)o2)CC1. The Bertz CT molecular complexity index is 544. The number of nitrogens with two attached hydrogens (primary N) is 1. The number of hydrogen-bond acceptors (Lipinski definition) is 5. The number of primary sulfonamides is 1. The average Bonchev–Trinajstić information content (AvgIpc) is 2.88. The van der Waals surface area contributed by atoms with E-state index in [0.717, 1.165) is 25.7 Å². The molecule has 0 aromatic carbocycles. The second-order valence-corrected chi connectivity index (χ2v) is 7.23. The largest absolute Gasteiger partial charge is 0.447 e. The Hall–Kier alpha value is -0.890. The predicted octanol–water partition coefficient (Wildman–Crippen LogP) is 0.958. The van der Waals surface area contributed by atoms with Crippen LogP contribution in [0.1, 0.15) is 38.4 Å². The van der Waals surface area contributed by atoms with Crippen molar-refractivity contribution in [2.24, 2.45) is 11.1 Å². The number of furan rings is 1. The van der Waals surface area contributed by atoms with Gasteiger partial charge >= 0.3 is 0 Å². The molecular formula is C13H22N2O4S. The first-order valence-corrected chi connectivity index (χ1v) is 8.37. The average molecular weight is 302 g/mol. The molecule has 0 spiro atoms. The van der Waals surface area contributed by atoms with E-state index in [-0.39, 0.29) is 17.2 Å². The van der Waals surface area contributed by atoms with Crippen LogP contribution < -0.4 is 10.5 Å². The van der Waals surface area contributed by atoms with Crippen molar-refractivity contribution in [1.82, 2.24) is 5.32 Å². The summed E-state index contributed by atoms with van der Waals surface area (Å²) in [4.78, 5) is 0. The Morgan fingerprint density at radius 2 is 2.10 bits per heavy atom. The molecular weight excluding hydrogens is 280 g/mol. The monoisotopic (exact) mass is 302 g/mol. The van der Waals surface area contributed by atoms with E-state index in [4.69, 9.17) is 9.56 Å². The van der Waals surface area contributed by atoms with Gasteiger partial charge in [0.15, 0.2) is 0 Å². The minimum Gasteiger partial charge on any atom is -0.447 e. The number of sulfonamides is 1. The standard InChI is InChI=1S/C13H22N2O4S/c1-10-4-6-13(9-16,7-5-10)15-8-11-2-3-12(19-11)20(14,17)18/h2-3,10,15-16H,4-9H2,1H3,(H2,14,17,18). The summed E-state index contributed by atoms with van der Waals surface area (Å²) >= 11 is 0. The van der Waals surface area contributed by atoms with Crippen molar-refractivity contribution in [1.29, 1.82) is 0 Å². The molecule has 20 heavy (non-hydrogen) atoms. The molecule has 1 aromatic heterocycles. The lowest BCUT2D eigenvalue weighted by Gasteiger charge is -2.38. The van der Waals surface area contributed by atoms with E-state index in [1.807, 2.05) is 0 Å². The molecule has 0 radical (unpaired) electrons. The summed E-state index contributed by atoms with van der Waals surface area (Å²) in [6.07, 6.45) is 3.98. The Labute approximate surface area is 119 Å². The van der Waals surface area contributed by atoms with Gasteiger partial charge in [0.1, 0.15) is 5.76 Å². The van der Waals surface area contributed by atoms with E-state index in [1.54, 1.807) is 6.07 Å². The second-order valence-electron chi connectivity index (χ2n) is 5.74. The normalized spacial score (nSPS) is 27.6. The molecule has 4 N–H and O–H groups in total. The van der Waals surface area contributed by atoms with Gasteiger partial charge in [-0.3, -0.25) is 0 Å². The Balaban J connectivity index is 1.98. The quantitative estimate of drug-likeness (QED) is 0.751. The zero-order valence-electron chi connectivity index (χ0n) is 11.6. The van der Waals surface area contributed by atoms with Gasteiger partial charge in [-0.2, -0.15) is 0 Å². The lowest BCUT2D eigenvalue weighted by atomic mass is 9.77. The molecule has 1 aliphatic rings. The summed E-state index contributed by atoms with van der Waals surface area (Å²) in [6, 6.07) is 2.93. The van der Waals surface area contributed by atoms with E-state index in [9.17, 15) is 13.5 Å². The highest BCUT2D eigenvalue weighted by atomic mass is 32.2. The van der Waals surface area contributed by atoms with Gasteiger partial charge in [0.05, 0.1) is 13.2 Å². The molecule has 114 valence electrons. The lowest BCUT2D eigenvalue weighted by molar-refractivity contribution is 0.102. The maximum Gasteiger partial charge on any atom is 0.271 e. The van der Waals surface area contributed by atoms with Crippen LogP contribution in [0.15, 0.2) is 21.6 Å². The fourth-order valence-electron chi connectivity index (χ4n) is 2.59. The van der Waals surface area contributed by atoms with Crippen LogP contribution in [-0.4, -0.2) is 25.7 Å². The van der Waals surface area contributed by atoms with E-state index < -0.39 is 10.0 Å². The molecule has 1 fully saturated rings. The number of hydrogen-bond donors (Lipinski definition) is 3. The Morgan fingerprint density at radius 3 is 2.60 bits per heavy atom. The molecule has 1 aromatic rings. The first kappa shape index (κ1) is 15.5. The number of aliphatic hydroxyl groups excluding tert-OH is 1.